The Balaban J connectivity index is 2.72. The van der Waals surface area contributed by atoms with E-state index >= 15 is 0 Å². The highest BCUT2D eigenvalue weighted by Gasteiger charge is 2.13. The van der Waals surface area contributed by atoms with E-state index in [2.05, 4.69) is 29.8 Å². The van der Waals surface area contributed by atoms with Crippen molar-refractivity contribution in [3.05, 3.63) is 35.4 Å². The average molecular weight is 277 g/mol. The lowest BCUT2D eigenvalue weighted by Crippen LogP contribution is -1.98. The number of hydrogen-bond acceptors (Lipinski definition) is 0. The van der Waals surface area contributed by atoms with Crippen molar-refractivity contribution in [3.63, 3.8) is 0 Å². The number of halogens is 3. The van der Waals surface area contributed by atoms with E-state index < -0.39 is 0 Å². The van der Waals surface area contributed by atoms with Gasteiger partial charge in [0.05, 0.1) is 0 Å². The van der Waals surface area contributed by atoms with Crippen LogP contribution in [-0.2, 0) is 0 Å². The lowest BCUT2D eigenvalue weighted by molar-refractivity contribution is 0.536. The molecule has 0 aliphatic carbocycles. The van der Waals surface area contributed by atoms with Crippen molar-refractivity contribution >= 4 is 15.9 Å². The van der Waals surface area contributed by atoms with Crippen LogP contribution in [0.4, 0.5) is 8.78 Å². The van der Waals surface area contributed by atoms with Gasteiger partial charge in [0, 0.05) is 10.4 Å². The monoisotopic (exact) mass is 276 g/mol. The largest absolute Gasteiger partial charge is 0.207 e. The van der Waals surface area contributed by atoms with E-state index in [1.165, 1.54) is 12.1 Å². The molecule has 1 unspecified atom stereocenters. The van der Waals surface area contributed by atoms with E-state index in [1.807, 2.05) is 0 Å². The minimum Gasteiger partial charge on any atom is -0.207 e. The fourth-order valence-corrected chi connectivity index (χ4v) is 2.01. The van der Waals surface area contributed by atoms with Gasteiger partial charge >= 0.3 is 0 Å². The van der Waals surface area contributed by atoms with Crippen LogP contribution < -0.4 is 0 Å². The predicted molar refractivity (Wildman–Crippen MR) is 62.1 cm³/mol. The second-order valence-electron chi connectivity index (χ2n) is 4.10. The maximum atomic E-state index is 13.3. The Morgan fingerprint density at radius 2 is 1.87 bits per heavy atom. The molecule has 3 heteroatoms. The molecule has 0 saturated carbocycles. The Morgan fingerprint density at radius 3 is 2.47 bits per heavy atom. The van der Waals surface area contributed by atoms with Crippen LogP contribution in [0.5, 0.6) is 0 Å². The third-order valence-corrected chi connectivity index (χ3v) is 3.24. The predicted octanol–water partition coefficient (Wildman–Crippen LogP) is 4.84. The highest BCUT2D eigenvalue weighted by molar-refractivity contribution is 9.09. The molecule has 0 aliphatic heterocycles. The Bertz CT molecular complexity index is 323. The Labute approximate surface area is 97.8 Å². The Morgan fingerprint density at radius 1 is 1.20 bits per heavy atom. The molecule has 1 aromatic rings. The highest BCUT2D eigenvalue weighted by atomic mass is 79.9. The lowest BCUT2D eigenvalue weighted by atomic mass is 10.0. The molecule has 0 saturated heterocycles. The third-order valence-electron chi connectivity index (χ3n) is 2.29. The summed E-state index contributed by atoms with van der Waals surface area (Å²) in [5, 5.41) is 0. The summed E-state index contributed by atoms with van der Waals surface area (Å²) in [6, 6.07) is 3.57. The quantitative estimate of drug-likeness (QED) is 0.691. The van der Waals surface area contributed by atoms with Crippen molar-refractivity contribution in [2.75, 3.05) is 0 Å². The van der Waals surface area contributed by atoms with Crippen molar-refractivity contribution in [1.82, 2.24) is 0 Å². The van der Waals surface area contributed by atoms with Crippen LogP contribution in [-0.4, -0.2) is 0 Å². The van der Waals surface area contributed by atoms with E-state index in [4.69, 9.17) is 0 Å². The minimum absolute atomic E-state index is 0.101. The van der Waals surface area contributed by atoms with Gasteiger partial charge in [0.2, 0.25) is 0 Å². The summed E-state index contributed by atoms with van der Waals surface area (Å²) in [5.41, 5.74) is 0.413. The van der Waals surface area contributed by atoms with Gasteiger partial charge in [-0.1, -0.05) is 29.8 Å². The molecule has 0 N–H and O–H groups in total. The van der Waals surface area contributed by atoms with Crippen LogP contribution in [0, 0.1) is 17.6 Å². The van der Waals surface area contributed by atoms with E-state index in [-0.39, 0.29) is 16.5 Å². The molecule has 0 radical (unpaired) electrons. The topological polar surface area (TPSA) is 0 Å². The van der Waals surface area contributed by atoms with Gasteiger partial charge in [-0.3, -0.25) is 0 Å². The standard InChI is InChI=1S/C12H15BrF2/c1-8(2)3-5-11(13)10-7-9(14)4-6-12(10)15/h4,6-8,11H,3,5H2,1-2H3. The summed E-state index contributed by atoms with van der Waals surface area (Å²) in [5.74, 6) is -0.163. The van der Waals surface area contributed by atoms with Crippen molar-refractivity contribution in [2.24, 2.45) is 5.92 Å². The smallest absolute Gasteiger partial charge is 0.127 e. The third kappa shape index (κ3) is 3.90. The molecule has 0 aromatic heterocycles. The Hall–Kier alpha value is -0.440. The summed E-state index contributed by atoms with van der Waals surface area (Å²) in [4.78, 5) is -0.101. The first kappa shape index (κ1) is 12.6. The van der Waals surface area contributed by atoms with Crippen LogP contribution in [0.15, 0.2) is 18.2 Å². The zero-order chi connectivity index (χ0) is 11.4. The molecule has 0 heterocycles. The molecular weight excluding hydrogens is 262 g/mol. The van der Waals surface area contributed by atoms with Gasteiger partial charge in [-0.15, -0.1) is 0 Å². The highest BCUT2D eigenvalue weighted by Crippen LogP contribution is 2.31. The molecular formula is C12H15BrF2. The van der Waals surface area contributed by atoms with Gasteiger partial charge in [-0.05, 0) is 37.0 Å². The van der Waals surface area contributed by atoms with Gasteiger partial charge in [0.25, 0.3) is 0 Å². The van der Waals surface area contributed by atoms with Gasteiger partial charge in [0.15, 0.2) is 0 Å². The maximum absolute atomic E-state index is 13.3. The molecule has 15 heavy (non-hydrogen) atoms. The summed E-state index contributed by atoms with van der Waals surface area (Å²) >= 11 is 3.39. The van der Waals surface area contributed by atoms with Gasteiger partial charge in [-0.25, -0.2) is 8.78 Å². The lowest BCUT2D eigenvalue weighted by Gasteiger charge is -2.12. The molecule has 0 nitrogen and oxygen atoms in total. The first-order valence-electron chi connectivity index (χ1n) is 5.09. The molecule has 0 spiro atoms. The fourth-order valence-electron chi connectivity index (χ4n) is 1.39. The summed E-state index contributed by atoms with van der Waals surface area (Å²) < 4.78 is 26.3. The first-order valence-corrected chi connectivity index (χ1v) is 6.01. The van der Waals surface area contributed by atoms with Gasteiger partial charge < -0.3 is 0 Å². The number of alkyl halides is 1. The molecule has 0 aliphatic rings. The first-order chi connectivity index (χ1) is 7.00. The average Bonchev–Trinajstić information content (AvgIpc) is 2.18. The van der Waals surface area contributed by atoms with Crippen LogP contribution in [0.3, 0.4) is 0 Å². The summed E-state index contributed by atoms with van der Waals surface area (Å²) in [6.07, 6.45) is 1.81. The molecule has 1 atom stereocenters. The molecule has 0 bridgehead atoms. The minimum atomic E-state index is -0.389. The molecule has 1 aromatic carbocycles. The van der Waals surface area contributed by atoms with Crippen LogP contribution in [0.1, 0.15) is 37.1 Å². The van der Waals surface area contributed by atoms with Crippen molar-refractivity contribution in [3.8, 4) is 0 Å². The fraction of sp³-hybridized carbons (Fsp3) is 0.500. The zero-order valence-corrected chi connectivity index (χ0v) is 10.5. The number of hydrogen-bond donors (Lipinski definition) is 0. The number of benzene rings is 1. The Kier molecular flexibility index (Phi) is 4.71. The van der Waals surface area contributed by atoms with Crippen LogP contribution in [0.25, 0.3) is 0 Å². The van der Waals surface area contributed by atoms with E-state index in [9.17, 15) is 8.78 Å². The van der Waals surface area contributed by atoms with E-state index in [0.29, 0.717) is 11.5 Å². The normalized spacial score (nSPS) is 13.2. The van der Waals surface area contributed by atoms with E-state index in [0.717, 1.165) is 18.9 Å². The van der Waals surface area contributed by atoms with Crippen molar-refractivity contribution in [1.29, 1.82) is 0 Å². The van der Waals surface area contributed by atoms with Crippen molar-refractivity contribution in [2.45, 2.75) is 31.5 Å². The van der Waals surface area contributed by atoms with Gasteiger partial charge in [-0.2, -0.15) is 0 Å². The second-order valence-corrected chi connectivity index (χ2v) is 5.21. The molecule has 0 amide bonds. The number of rotatable bonds is 4. The van der Waals surface area contributed by atoms with Crippen molar-refractivity contribution < 1.29 is 8.78 Å². The molecule has 0 fully saturated rings. The second kappa shape index (κ2) is 5.59. The summed E-state index contributed by atoms with van der Waals surface area (Å²) in [7, 11) is 0. The zero-order valence-electron chi connectivity index (χ0n) is 8.93. The molecule has 1 rings (SSSR count). The summed E-state index contributed by atoms with van der Waals surface area (Å²) in [6.45, 7) is 4.23. The van der Waals surface area contributed by atoms with E-state index in [1.54, 1.807) is 0 Å². The van der Waals surface area contributed by atoms with Gasteiger partial charge in [0.1, 0.15) is 11.6 Å². The maximum Gasteiger partial charge on any atom is 0.127 e. The SMILES string of the molecule is CC(C)CCC(Br)c1cc(F)ccc1F. The molecule has 84 valence electrons. The van der Waals surface area contributed by atoms with Crippen LogP contribution >= 0.6 is 15.9 Å². The van der Waals surface area contributed by atoms with Crippen LogP contribution in [0.2, 0.25) is 0 Å².